The van der Waals surface area contributed by atoms with Gasteiger partial charge in [0.2, 0.25) is 15.4 Å². The van der Waals surface area contributed by atoms with Crippen LogP contribution >= 0.6 is 0 Å². The lowest BCUT2D eigenvalue weighted by Crippen LogP contribution is -2.47. The van der Waals surface area contributed by atoms with Crippen LogP contribution in [0.4, 0.5) is 11.4 Å². The third-order valence-electron chi connectivity index (χ3n) is 7.00. The van der Waals surface area contributed by atoms with Crippen LogP contribution in [-0.4, -0.2) is 41.7 Å². The Labute approximate surface area is 213 Å². The smallest absolute Gasteiger partial charge is 0.214 e. The van der Waals surface area contributed by atoms with E-state index in [1.807, 2.05) is 37.3 Å². The number of aromatic amines is 1. The Morgan fingerprint density at radius 2 is 1.47 bits per heavy atom. The molecule has 0 aliphatic carbocycles. The zero-order valence-electron chi connectivity index (χ0n) is 21.2. The molecule has 1 aromatic heterocycles. The van der Waals surface area contributed by atoms with Crippen molar-refractivity contribution in [2.45, 2.75) is 30.6 Å². The van der Waals surface area contributed by atoms with E-state index in [0.29, 0.717) is 23.7 Å². The average Bonchev–Trinajstić information content (AvgIpc) is 2.89. The Morgan fingerprint density at radius 1 is 0.806 bits per heavy atom. The van der Waals surface area contributed by atoms with Gasteiger partial charge < -0.3 is 14.5 Å². The van der Waals surface area contributed by atoms with E-state index in [-0.39, 0.29) is 4.90 Å². The highest BCUT2D eigenvalue weighted by molar-refractivity contribution is 7.91. The van der Waals surface area contributed by atoms with Crippen LogP contribution in [0.3, 0.4) is 0 Å². The van der Waals surface area contributed by atoms with Crippen LogP contribution in [0.25, 0.3) is 10.9 Å². The molecule has 3 aromatic carbocycles. The Kier molecular flexibility index (Phi) is 6.35. The number of rotatable bonds is 5. The van der Waals surface area contributed by atoms with Crippen LogP contribution in [0.2, 0.25) is 0 Å². The van der Waals surface area contributed by atoms with E-state index < -0.39 is 9.84 Å². The summed E-state index contributed by atoms with van der Waals surface area (Å²) in [6, 6.07) is 19.3. The molecule has 7 heteroatoms. The monoisotopic (exact) mass is 502 g/mol. The van der Waals surface area contributed by atoms with Gasteiger partial charge in [-0.2, -0.15) is 0 Å². The van der Waals surface area contributed by atoms with E-state index >= 15 is 0 Å². The van der Waals surface area contributed by atoms with E-state index in [0.717, 1.165) is 35.2 Å². The number of H-pyrrole nitrogens is 1. The lowest BCUT2D eigenvalue weighted by Gasteiger charge is -2.38. The minimum atomic E-state index is -3.75. The molecule has 0 radical (unpaired) electrons. The number of nitrogens with zero attached hydrogens (tertiary/aromatic N) is 2. The number of nitrogens with one attached hydrogen (secondary N) is 1. The quantitative estimate of drug-likeness (QED) is 0.394. The number of fused-ring (bicyclic) bond motifs is 1. The van der Waals surface area contributed by atoms with Gasteiger partial charge in [-0.15, -0.1) is 0 Å². The van der Waals surface area contributed by atoms with Crippen molar-refractivity contribution < 1.29 is 18.1 Å². The molecule has 36 heavy (non-hydrogen) atoms. The van der Waals surface area contributed by atoms with Crippen LogP contribution in [0.1, 0.15) is 16.7 Å². The summed E-state index contributed by atoms with van der Waals surface area (Å²) >= 11 is 0. The van der Waals surface area contributed by atoms with Gasteiger partial charge in [0.25, 0.3) is 0 Å². The first-order chi connectivity index (χ1) is 17.3. The minimum absolute atomic E-state index is 0.285. The predicted molar refractivity (Wildman–Crippen MR) is 144 cm³/mol. The summed E-state index contributed by atoms with van der Waals surface area (Å²) in [6.07, 6.45) is 1.64. The maximum atomic E-state index is 13.9. The second-order valence-electron chi connectivity index (χ2n) is 9.49. The highest BCUT2D eigenvalue weighted by atomic mass is 32.2. The summed E-state index contributed by atoms with van der Waals surface area (Å²) < 4.78 is 33.3. The van der Waals surface area contributed by atoms with E-state index in [2.05, 4.69) is 46.8 Å². The van der Waals surface area contributed by atoms with Gasteiger partial charge in [-0.3, -0.25) is 0 Å². The fourth-order valence-electron chi connectivity index (χ4n) is 4.92. The van der Waals surface area contributed by atoms with Crippen molar-refractivity contribution in [2.24, 2.45) is 0 Å². The van der Waals surface area contributed by atoms with Gasteiger partial charge >= 0.3 is 0 Å². The topological polar surface area (TPSA) is 64.0 Å². The molecular weight excluding hydrogens is 470 g/mol. The van der Waals surface area contributed by atoms with Gasteiger partial charge in [-0.1, -0.05) is 29.8 Å². The predicted octanol–water partition coefficient (Wildman–Crippen LogP) is 4.75. The van der Waals surface area contributed by atoms with E-state index in [1.165, 1.54) is 16.8 Å². The average molecular weight is 503 g/mol. The molecule has 0 unspecified atom stereocenters. The second kappa shape index (κ2) is 9.47. The number of hydrogen-bond donors (Lipinski definition) is 0. The first kappa shape index (κ1) is 24.1. The van der Waals surface area contributed by atoms with E-state index in [9.17, 15) is 8.42 Å². The minimum Gasteiger partial charge on any atom is -0.497 e. The third-order valence-corrected chi connectivity index (χ3v) is 8.78. The molecule has 1 fully saturated rings. The van der Waals surface area contributed by atoms with Crippen molar-refractivity contribution in [1.82, 2.24) is 0 Å². The first-order valence-electron chi connectivity index (χ1n) is 12.2. The number of methoxy groups -OCH3 is 1. The van der Waals surface area contributed by atoms with E-state index in [4.69, 9.17) is 4.74 Å². The molecule has 0 amide bonds. The molecule has 2 heterocycles. The van der Waals surface area contributed by atoms with Gasteiger partial charge in [-0.25, -0.2) is 13.4 Å². The van der Waals surface area contributed by atoms with Crippen LogP contribution in [0, 0.1) is 20.8 Å². The fourth-order valence-corrected chi connectivity index (χ4v) is 6.38. The molecule has 186 valence electrons. The Morgan fingerprint density at radius 3 is 2.17 bits per heavy atom. The zero-order chi connectivity index (χ0) is 25.4. The maximum Gasteiger partial charge on any atom is 0.214 e. The molecule has 5 rings (SSSR count). The lowest BCUT2D eigenvalue weighted by atomic mass is 10.1. The van der Waals surface area contributed by atoms with Crippen LogP contribution in [0.5, 0.6) is 5.75 Å². The van der Waals surface area contributed by atoms with Crippen LogP contribution in [-0.2, 0) is 9.84 Å². The molecule has 6 nitrogen and oxygen atoms in total. The highest BCUT2D eigenvalue weighted by Gasteiger charge is 2.31. The number of hydrogen-bond acceptors (Lipinski definition) is 5. The van der Waals surface area contributed by atoms with Gasteiger partial charge in [0, 0.05) is 37.9 Å². The normalized spacial score (nSPS) is 14.3. The van der Waals surface area contributed by atoms with Crippen molar-refractivity contribution in [3.05, 3.63) is 83.6 Å². The molecule has 0 saturated carbocycles. The van der Waals surface area contributed by atoms with Crippen molar-refractivity contribution in [1.29, 1.82) is 0 Å². The molecule has 1 saturated heterocycles. The largest absolute Gasteiger partial charge is 0.497 e. The molecular formula is C29H32N3O3S+. The summed E-state index contributed by atoms with van der Waals surface area (Å²) in [5.41, 5.74) is 6.35. The number of aromatic nitrogens is 1. The standard InChI is InChI=1S/C29H31N3O3S/c1-20-6-10-24(11-7-20)36(33,34)28-19-30-26-12-9-23(35-4)18-25(26)29(28)32-15-13-31(14-16-32)27-17-21(2)5-8-22(27)3/h5-12,17-19H,13-16H2,1-4H3/p+1. The van der Waals surface area contributed by atoms with Crippen molar-refractivity contribution >= 4 is 32.1 Å². The van der Waals surface area contributed by atoms with Gasteiger partial charge in [0.15, 0.2) is 11.1 Å². The molecule has 0 spiro atoms. The SMILES string of the molecule is COc1ccc2[nH+]cc(S(=O)(=O)c3ccc(C)cc3)c(N3CCN(c4cc(C)ccc4C)CC3)c2c1. The number of ether oxygens (including phenoxy) is 1. The maximum absolute atomic E-state index is 13.9. The van der Waals surface area contributed by atoms with Crippen molar-refractivity contribution in [2.75, 3.05) is 43.1 Å². The van der Waals surface area contributed by atoms with Gasteiger partial charge in [0.05, 0.1) is 23.1 Å². The fraction of sp³-hybridized carbons (Fsp3) is 0.276. The summed E-state index contributed by atoms with van der Waals surface area (Å²) in [4.78, 5) is 8.39. The summed E-state index contributed by atoms with van der Waals surface area (Å²) in [7, 11) is -2.13. The van der Waals surface area contributed by atoms with Crippen LogP contribution in [0.15, 0.2) is 76.7 Å². The zero-order valence-corrected chi connectivity index (χ0v) is 22.0. The number of anilines is 2. The molecule has 0 bridgehead atoms. The molecule has 4 aromatic rings. The second-order valence-corrected chi connectivity index (χ2v) is 11.4. The number of aryl methyl sites for hydroxylation is 3. The molecule has 1 aliphatic rings. The molecule has 1 N–H and O–H groups in total. The molecule has 1 aliphatic heterocycles. The van der Waals surface area contributed by atoms with Crippen molar-refractivity contribution in [3.63, 3.8) is 0 Å². The molecule has 0 atom stereocenters. The van der Waals surface area contributed by atoms with E-state index in [1.54, 1.807) is 25.4 Å². The first-order valence-corrected chi connectivity index (χ1v) is 13.7. The number of benzene rings is 3. The van der Waals surface area contributed by atoms with Crippen molar-refractivity contribution in [3.8, 4) is 5.75 Å². The van der Waals surface area contributed by atoms with Gasteiger partial charge in [-0.05, 0) is 62.2 Å². The van der Waals surface area contributed by atoms with Gasteiger partial charge in [0.1, 0.15) is 5.75 Å². The summed E-state index contributed by atoms with van der Waals surface area (Å²) in [5, 5.41) is 0.836. The highest BCUT2D eigenvalue weighted by Crippen LogP contribution is 2.37. The van der Waals surface area contributed by atoms with Crippen LogP contribution < -0.4 is 19.5 Å². The third kappa shape index (κ3) is 4.39. The Bertz CT molecular complexity index is 1520. The number of piperazine rings is 1. The lowest BCUT2D eigenvalue weighted by molar-refractivity contribution is -0.347. The number of pyridine rings is 1. The summed E-state index contributed by atoms with van der Waals surface area (Å²) in [5.74, 6) is 0.691. The summed E-state index contributed by atoms with van der Waals surface area (Å²) in [6.45, 7) is 9.23. The number of sulfone groups is 1. The Hall–Kier alpha value is -3.58. The Balaban J connectivity index is 1.59.